The van der Waals surface area contributed by atoms with Crippen LogP contribution in [0.15, 0.2) is 0 Å². The summed E-state index contributed by atoms with van der Waals surface area (Å²) in [6, 6.07) is 0.827. The maximum atomic E-state index is 12.7. The number of carbonyl (C=O) groups is 2. The number of halogens is 3. The lowest BCUT2D eigenvalue weighted by molar-refractivity contribution is -0.191. The van der Waals surface area contributed by atoms with Crippen LogP contribution in [0.4, 0.5) is 18.0 Å². The zero-order valence-electron chi connectivity index (χ0n) is 9.67. The van der Waals surface area contributed by atoms with Crippen LogP contribution in [0.1, 0.15) is 26.2 Å². The lowest BCUT2D eigenvalue weighted by atomic mass is 10.0. The van der Waals surface area contributed by atoms with Gasteiger partial charge in [-0.3, -0.25) is 9.69 Å². The number of rotatable bonds is 4. The molecule has 1 fully saturated rings. The molecule has 5 nitrogen and oxygen atoms in total. The average molecular weight is 263 g/mol. The second-order valence-corrected chi connectivity index (χ2v) is 4.12. The van der Waals surface area contributed by atoms with Crippen molar-refractivity contribution >= 4 is 11.9 Å². The minimum absolute atomic E-state index is 0.113. The van der Waals surface area contributed by atoms with E-state index >= 15 is 0 Å². The Morgan fingerprint density at radius 3 is 2.44 bits per heavy atom. The van der Waals surface area contributed by atoms with E-state index in [0.29, 0.717) is 24.7 Å². The number of nitriles is 1. The van der Waals surface area contributed by atoms with Gasteiger partial charge < -0.3 is 5.32 Å². The fourth-order valence-electron chi connectivity index (χ4n) is 1.57. The first-order chi connectivity index (χ1) is 8.24. The van der Waals surface area contributed by atoms with E-state index in [1.165, 1.54) is 0 Å². The number of alkyl halides is 3. The molecular weight excluding hydrogens is 251 g/mol. The van der Waals surface area contributed by atoms with Gasteiger partial charge in [0.25, 0.3) is 5.91 Å². The van der Waals surface area contributed by atoms with Gasteiger partial charge in [0.2, 0.25) is 5.54 Å². The Bertz CT molecular complexity index is 402. The highest BCUT2D eigenvalue weighted by Gasteiger charge is 2.64. The Labute approximate surface area is 102 Å². The molecule has 0 aromatic carbocycles. The van der Waals surface area contributed by atoms with Crippen molar-refractivity contribution in [2.45, 2.75) is 37.9 Å². The quantitative estimate of drug-likeness (QED) is 0.617. The van der Waals surface area contributed by atoms with Crippen LogP contribution in [0.3, 0.4) is 0 Å². The molecule has 18 heavy (non-hydrogen) atoms. The number of unbranched alkanes of at least 4 members (excludes halogenated alkanes) is 2. The third-order valence-electron chi connectivity index (χ3n) is 2.76. The van der Waals surface area contributed by atoms with Crippen LogP contribution in [-0.4, -0.2) is 35.1 Å². The molecule has 1 atom stereocenters. The second kappa shape index (κ2) is 4.84. The summed E-state index contributed by atoms with van der Waals surface area (Å²) in [5.41, 5.74) is -2.85. The third kappa shape index (κ3) is 2.39. The van der Waals surface area contributed by atoms with Crippen molar-refractivity contribution < 1.29 is 22.8 Å². The molecule has 1 heterocycles. The number of urea groups is 1. The van der Waals surface area contributed by atoms with Crippen LogP contribution in [0.2, 0.25) is 0 Å². The number of nitrogens with one attached hydrogen (secondary N) is 1. The van der Waals surface area contributed by atoms with Gasteiger partial charge >= 0.3 is 12.2 Å². The molecule has 8 heteroatoms. The van der Waals surface area contributed by atoms with E-state index in [1.807, 2.05) is 6.07 Å². The number of hydrogen-bond acceptors (Lipinski definition) is 3. The summed E-state index contributed by atoms with van der Waals surface area (Å²) in [7, 11) is 0. The summed E-state index contributed by atoms with van der Waals surface area (Å²) < 4.78 is 38.0. The highest BCUT2D eigenvalue weighted by Crippen LogP contribution is 2.35. The fraction of sp³-hybridized carbons (Fsp3) is 0.700. The molecule has 0 aromatic heterocycles. The number of carbonyl (C=O) groups excluding carboxylic acids is 2. The Hall–Kier alpha value is -1.78. The van der Waals surface area contributed by atoms with Gasteiger partial charge in [-0.1, -0.05) is 0 Å². The standard InChI is InChI=1S/C10H12F3N3O2/c1-9(10(11,12)13)7(17)16(8(18)15-9)6-4-2-3-5-14/h2-4,6H2,1H3,(H,15,18). The van der Waals surface area contributed by atoms with Crippen molar-refractivity contribution in [1.82, 2.24) is 10.2 Å². The van der Waals surface area contributed by atoms with Crippen molar-refractivity contribution in [3.63, 3.8) is 0 Å². The minimum atomic E-state index is -4.83. The predicted molar refractivity (Wildman–Crippen MR) is 54.2 cm³/mol. The lowest BCUT2D eigenvalue weighted by Gasteiger charge is -2.24. The molecule has 1 aliphatic rings. The zero-order valence-corrected chi connectivity index (χ0v) is 9.67. The van der Waals surface area contributed by atoms with Gasteiger partial charge in [0, 0.05) is 13.0 Å². The molecular formula is C10H12F3N3O2. The van der Waals surface area contributed by atoms with Crippen molar-refractivity contribution in [3.05, 3.63) is 0 Å². The van der Waals surface area contributed by atoms with Crippen LogP contribution in [0.5, 0.6) is 0 Å². The molecule has 1 rings (SSSR count). The first-order valence-corrected chi connectivity index (χ1v) is 5.32. The molecule has 1 unspecified atom stereocenters. The smallest absolute Gasteiger partial charge is 0.316 e. The van der Waals surface area contributed by atoms with Gasteiger partial charge in [0.1, 0.15) is 0 Å². The van der Waals surface area contributed by atoms with Crippen molar-refractivity contribution in [2.75, 3.05) is 6.54 Å². The first-order valence-electron chi connectivity index (χ1n) is 5.32. The highest BCUT2D eigenvalue weighted by molar-refractivity contribution is 6.07. The van der Waals surface area contributed by atoms with Crippen LogP contribution in [0.25, 0.3) is 0 Å². The van der Waals surface area contributed by atoms with E-state index in [-0.39, 0.29) is 13.0 Å². The SMILES string of the molecule is CC1(C(F)(F)F)NC(=O)N(CCCCC#N)C1=O. The Balaban J connectivity index is 2.71. The summed E-state index contributed by atoms with van der Waals surface area (Å²) in [6.07, 6.45) is -3.86. The highest BCUT2D eigenvalue weighted by atomic mass is 19.4. The molecule has 3 amide bonds. The Kier molecular flexibility index (Phi) is 3.84. The Morgan fingerprint density at radius 1 is 1.39 bits per heavy atom. The molecule has 0 aliphatic carbocycles. The largest absolute Gasteiger partial charge is 0.420 e. The van der Waals surface area contributed by atoms with E-state index in [2.05, 4.69) is 0 Å². The number of amides is 3. The van der Waals surface area contributed by atoms with Crippen LogP contribution in [-0.2, 0) is 4.79 Å². The van der Waals surface area contributed by atoms with E-state index in [4.69, 9.17) is 5.26 Å². The summed E-state index contributed by atoms with van der Waals surface area (Å²) in [5.74, 6) is -1.29. The van der Waals surface area contributed by atoms with Gasteiger partial charge in [-0.15, -0.1) is 0 Å². The molecule has 0 spiro atoms. The molecule has 0 radical (unpaired) electrons. The zero-order chi connectivity index (χ0) is 14.0. The van der Waals surface area contributed by atoms with E-state index in [1.54, 1.807) is 5.32 Å². The van der Waals surface area contributed by atoms with Gasteiger partial charge in [-0.25, -0.2) is 4.79 Å². The maximum absolute atomic E-state index is 12.7. The number of nitrogens with zero attached hydrogens (tertiary/aromatic N) is 2. The summed E-state index contributed by atoms with van der Waals surface area (Å²) in [5, 5.41) is 9.95. The minimum Gasteiger partial charge on any atom is -0.316 e. The van der Waals surface area contributed by atoms with Crippen LogP contribution < -0.4 is 5.32 Å². The lowest BCUT2D eigenvalue weighted by Crippen LogP contribution is -2.56. The van der Waals surface area contributed by atoms with Crippen LogP contribution in [0, 0.1) is 11.3 Å². The monoisotopic (exact) mass is 263 g/mol. The van der Waals surface area contributed by atoms with E-state index < -0.39 is 23.7 Å². The summed E-state index contributed by atoms with van der Waals surface area (Å²) in [4.78, 5) is 23.5. The third-order valence-corrected chi connectivity index (χ3v) is 2.76. The molecule has 100 valence electrons. The topological polar surface area (TPSA) is 73.2 Å². The Morgan fingerprint density at radius 2 is 2.00 bits per heavy atom. The second-order valence-electron chi connectivity index (χ2n) is 4.12. The molecule has 1 N–H and O–H groups in total. The van der Waals surface area contributed by atoms with Gasteiger partial charge in [-0.05, 0) is 19.8 Å². The number of hydrogen-bond donors (Lipinski definition) is 1. The maximum Gasteiger partial charge on any atom is 0.420 e. The molecule has 1 saturated heterocycles. The van der Waals surface area contributed by atoms with Gasteiger partial charge in [-0.2, -0.15) is 18.4 Å². The van der Waals surface area contributed by atoms with Crippen molar-refractivity contribution in [1.29, 1.82) is 5.26 Å². The van der Waals surface area contributed by atoms with Gasteiger partial charge in [0.15, 0.2) is 0 Å². The number of imide groups is 1. The van der Waals surface area contributed by atoms with Crippen LogP contribution >= 0.6 is 0 Å². The van der Waals surface area contributed by atoms with E-state index in [0.717, 1.165) is 0 Å². The average Bonchev–Trinajstić information content (AvgIpc) is 2.47. The molecule has 0 aromatic rings. The van der Waals surface area contributed by atoms with E-state index in [9.17, 15) is 22.8 Å². The summed E-state index contributed by atoms with van der Waals surface area (Å²) >= 11 is 0. The van der Waals surface area contributed by atoms with Gasteiger partial charge in [0.05, 0.1) is 6.07 Å². The fourth-order valence-corrected chi connectivity index (χ4v) is 1.57. The normalized spacial score (nSPS) is 24.1. The molecule has 0 bridgehead atoms. The van der Waals surface area contributed by atoms with Crippen molar-refractivity contribution in [3.8, 4) is 6.07 Å². The first kappa shape index (κ1) is 14.3. The molecule has 0 saturated carbocycles. The van der Waals surface area contributed by atoms with Crippen molar-refractivity contribution in [2.24, 2.45) is 0 Å². The predicted octanol–water partition coefficient (Wildman–Crippen LogP) is 1.55. The summed E-state index contributed by atoms with van der Waals surface area (Å²) in [6.45, 7) is 0.528. The molecule has 1 aliphatic heterocycles.